The number of carbonyl (C=O) groups excluding carboxylic acids is 1. The summed E-state index contributed by atoms with van der Waals surface area (Å²) in [5.41, 5.74) is 4.45. The van der Waals surface area contributed by atoms with Gasteiger partial charge in [-0.25, -0.2) is 10.4 Å². The van der Waals surface area contributed by atoms with Gasteiger partial charge >= 0.3 is 0 Å². The fourth-order valence-corrected chi connectivity index (χ4v) is 4.63. The summed E-state index contributed by atoms with van der Waals surface area (Å²) in [6.45, 7) is 2.87. The largest absolute Gasteiger partial charge is 0.494 e. The third-order valence-electron chi connectivity index (χ3n) is 5.46. The summed E-state index contributed by atoms with van der Waals surface area (Å²) in [6, 6.07) is 22.1. The zero-order chi connectivity index (χ0) is 26.0. The van der Waals surface area contributed by atoms with Crippen LogP contribution in [0, 0.1) is 0 Å². The summed E-state index contributed by atoms with van der Waals surface area (Å²) in [5, 5.41) is 5.00. The van der Waals surface area contributed by atoms with Gasteiger partial charge in [0.1, 0.15) is 5.75 Å². The van der Waals surface area contributed by atoms with Crippen LogP contribution in [0.4, 0.5) is 0 Å². The summed E-state index contributed by atoms with van der Waals surface area (Å²) in [7, 11) is 0. The Morgan fingerprint density at radius 3 is 2.59 bits per heavy atom. The van der Waals surface area contributed by atoms with E-state index in [4.69, 9.17) is 4.74 Å². The van der Waals surface area contributed by atoms with E-state index in [1.54, 1.807) is 18.3 Å². The molecule has 7 nitrogen and oxygen atoms in total. The number of thioether (sulfide) groups is 1. The van der Waals surface area contributed by atoms with Crippen molar-refractivity contribution in [2.24, 2.45) is 5.10 Å². The minimum atomic E-state index is -0.304. The maximum Gasteiger partial charge on any atom is 0.266 e. The van der Waals surface area contributed by atoms with Gasteiger partial charge in [0.2, 0.25) is 0 Å². The number of nitrogens with zero attached hydrogens (tertiary/aromatic N) is 3. The van der Waals surface area contributed by atoms with Crippen LogP contribution in [0.15, 0.2) is 92.3 Å². The lowest BCUT2D eigenvalue weighted by Gasteiger charge is -2.13. The first-order valence-corrected chi connectivity index (χ1v) is 13.8. The Bertz CT molecular complexity index is 1440. The lowest BCUT2D eigenvalue weighted by atomic mass is 10.2. The number of rotatable bonds is 11. The number of para-hydroxylation sites is 1. The molecule has 3 aromatic carbocycles. The minimum absolute atomic E-state index is 0.0448. The van der Waals surface area contributed by atoms with Gasteiger partial charge in [0.05, 0.1) is 35.2 Å². The number of fused-ring (bicyclic) bond motifs is 1. The van der Waals surface area contributed by atoms with E-state index < -0.39 is 0 Å². The number of ether oxygens (including phenoxy) is 1. The van der Waals surface area contributed by atoms with E-state index in [-0.39, 0.29) is 17.2 Å². The number of hydrogen-bond acceptors (Lipinski definition) is 6. The van der Waals surface area contributed by atoms with Crippen molar-refractivity contribution in [2.45, 2.75) is 31.3 Å². The molecule has 0 fully saturated rings. The molecule has 0 aliphatic heterocycles. The van der Waals surface area contributed by atoms with Crippen LogP contribution in [0.25, 0.3) is 16.6 Å². The van der Waals surface area contributed by atoms with Gasteiger partial charge in [-0.05, 0) is 72.6 Å². The summed E-state index contributed by atoms with van der Waals surface area (Å²) in [6.07, 6.45) is 4.93. The first kappa shape index (κ1) is 26.6. The Kier molecular flexibility index (Phi) is 9.51. The highest BCUT2D eigenvalue weighted by molar-refractivity contribution is 9.10. The second-order valence-electron chi connectivity index (χ2n) is 8.23. The van der Waals surface area contributed by atoms with Crippen LogP contribution in [0.2, 0.25) is 0 Å². The lowest BCUT2D eigenvalue weighted by molar-refractivity contribution is -0.118. The Labute approximate surface area is 228 Å². The number of halogens is 1. The fraction of sp³-hybridized carbons (Fsp3) is 0.214. The standard InChI is InChI=1S/C28H27BrN4O3S/c1-2-3-6-17-36-23-15-9-20(10-16-23)18-30-32-26(34)19-37-28-31-25-8-5-4-7-24(25)27(35)33(28)22-13-11-21(29)12-14-22/h4-5,7-16,18H,2-3,6,17,19H2,1H3,(H,32,34). The van der Waals surface area contributed by atoms with Gasteiger partial charge in [0.15, 0.2) is 5.16 Å². The first-order valence-electron chi connectivity index (χ1n) is 12.0. The quantitative estimate of drug-likeness (QED) is 0.0780. The Hall–Kier alpha value is -3.43. The molecule has 0 saturated heterocycles. The van der Waals surface area contributed by atoms with Crippen LogP contribution >= 0.6 is 27.7 Å². The number of benzene rings is 3. The number of unbranched alkanes of at least 4 members (excludes halogenated alkanes) is 2. The topological polar surface area (TPSA) is 85.6 Å². The maximum atomic E-state index is 13.3. The number of hydrogen-bond donors (Lipinski definition) is 1. The van der Waals surface area contributed by atoms with Gasteiger partial charge in [0.25, 0.3) is 11.5 Å². The molecule has 0 saturated carbocycles. The molecule has 0 radical (unpaired) electrons. The second-order valence-corrected chi connectivity index (χ2v) is 10.1. The minimum Gasteiger partial charge on any atom is -0.494 e. The van der Waals surface area contributed by atoms with Crippen molar-refractivity contribution in [3.05, 3.63) is 93.2 Å². The van der Waals surface area contributed by atoms with Gasteiger partial charge in [-0.2, -0.15) is 5.10 Å². The maximum absolute atomic E-state index is 13.3. The highest BCUT2D eigenvalue weighted by atomic mass is 79.9. The van der Waals surface area contributed by atoms with Crippen LogP contribution in [0.1, 0.15) is 31.7 Å². The number of nitrogens with one attached hydrogen (secondary N) is 1. The van der Waals surface area contributed by atoms with E-state index in [2.05, 4.69) is 38.4 Å². The predicted octanol–water partition coefficient (Wildman–Crippen LogP) is 5.96. The molecule has 1 amide bonds. The van der Waals surface area contributed by atoms with Crippen molar-refractivity contribution in [3.63, 3.8) is 0 Å². The molecule has 190 valence electrons. The smallest absolute Gasteiger partial charge is 0.266 e. The van der Waals surface area contributed by atoms with Crippen molar-refractivity contribution in [2.75, 3.05) is 12.4 Å². The van der Waals surface area contributed by atoms with Crippen molar-refractivity contribution >= 4 is 50.7 Å². The van der Waals surface area contributed by atoms with Crippen LogP contribution in [0.5, 0.6) is 5.75 Å². The summed E-state index contributed by atoms with van der Waals surface area (Å²) >= 11 is 4.60. The summed E-state index contributed by atoms with van der Waals surface area (Å²) in [4.78, 5) is 30.4. The zero-order valence-corrected chi connectivity index (χ0v) is 22.8. The van der Waals surface area contributed by atoms with Crippen molar-refractivity contribution in [3.8, 4) is 11.4 Å². The van der Waals surface area contributed by atoms with Crippen LogP contribution in [-0.4, -0.2) is 34.0 Å². The van der Waals surface area contributed by atoms with Crippen molar-refractivity contribution in [1.82, 2.24) is 15.0 Å². The number of amides is 1. The van der Waals surface area contributed by atoms with Gasteiger partial charge in [-0.1, -0.05) is 59.6 Å². The van der Waals surface area contributed by atoms with Crippen LogP contribution in [0.3, 0.4) is 0 Å². The normalized spacial score (nSPS) is 11.2. The molecule has 1 aromatic heterocycles. The first-order chi connectivity index (χ1) is 18.0. The molecular formula is C28H27BrN4O3S. The molecule has 0 aliphatic carbocycles. The Morgan fingerprint density at radius 2 is 1.84 bits per heavy atom. The molecule has 1 heterocycles. The van der Waals surface area contributed by atoms with E-state index in [1.165, 1.54) is 16.3 Å². The van der Waals surface area contributed by atoms with Crippen LogP contribution < -0.4 is 15.7 Å². The average molecular weight is 580 g/mol. The summed E-state index contributed by atoms with van der Waals surface area (Å²) in [5.74, 6) is 0.554. The Morgan fingerprint density at radius 1 is 1.08 bits per heavy atom. The van der Waals surface area contributed by atoms with Crippen LogP contribution in [-0.2, 0) is 4.79 Å². The number of hydrazone groups is 1. The predicted molar refractivity (Wildman–Crippen MR) is 153 cm³/mol. The number of carbonyl (C=O) groups is 1. The molecule has 0 atom stereocenters. The molecule has 37 heavy (non-hydrogen) atoms. The fourth-order valence-electron chi connectivity index (χ4n) is 3.56. The van der Waals surface area contributed by atoms with Gasteiger partial charge in [-0.15, -0.1) is 0 Å². The molecule has 1 N–H and O–H groups in total. The highest BCUT2D eigenvalue weighted by Crippen LogP contribution is 2.22. The molecular weight excluding hydrogens is 552 g/mol. The molecule has 0 spiro atoms. The Balaban J connectivity index is 1.40. The lowest BCUT2D eigenvalue weighted by Crippen LogP contribution is -2.24. The van der Waals surface area contributed by atoms with Crippen molar-refractivity contribution in [1.29, 1.82) is 0 Å². The van der Waals surface area contributed by atoms with E-state index in [9.17, 15) is 9.59 Å². The van der Waals surface area contributed by atoms with E-state index in [0.29, 0.717) is 28.4 Å². The second kappa shape index (κ2) is 13.2. The molecule has 4 rings (SSSR count). The molecule has 0 unspecified atom stereocenters. The van der Waals surface area contributed by atoms with E-state index in [1.807, 2.05) is 60.7 Å². The number of aromatic nitrogens is 2. The van der Waals surface area contributed by atoms with E-state index in [0.717, 1.165) is 35.0 Å². The van der Waals surface area contributed by atoms with Crippen molar-refractivity contribution < 1.29 is 9.53 Å². The molecule has 9 heteroatoms. The SMILES string of the molecule is CCCCCOc1ccc(C=NNC(=O)CSc2nc3ccccc3c(=O)n2-c2ccc(Br)cc2)cc1. The highest BCUT2D eigenvalue weighted by Gasteiger charge is 2.14. The monoisotopic (exact) mass is 578 g/mol. The molecule has 0 aliphatic rings. The third-order valence-corrected chi connectivity index (χ3v) is 6.93. The van der Waals surface area contributed by atoms with Gasteiger partial charge in [0, 0.05) is 4.47 Å². The van der Waals surface area contributed by atoms with E-state index >= 15 is 0 Å². The molecule has 4 aromatic rings. The zero-order valence-electron chi connectivity index (χ0n) is 20.4. The average Bonchev–Trinajstić information content (AvgIpc) is 2.92. The third kappa shape index (κ3) is 7.30. The molecule has 0 bridgehead atoms. The summed E-state index contributed by atoms with van der Waals surface area (Å²) < 4.78 is 8.14. The van der Waals surface area contributed by atoms with Gasteiger partial charge < -0.3 is 4.74 Å². The van der Waals surface area contributed by atoms with Gasteiger partial charge in [-0.3, -0.25) is 14.2 Å².